The molecule has 170 valence electrons. The molecule has 1 aromatic heterocycles. The van der Waals surface area contributed by atoms with Gasteiger partial charge in [-0.25, -0.2) is 0 Å². The van der Waals surface area contributed by atoms with E-state index < -0.39 is 0 Å². The average Bonchev–Trinajstić information content (AvgIpc) is 3.29. The Morgan fingerprint density at radius 3 is 2.61 bits per heavy atom. The van der Waals surface area contributed by atoms with Crippen LogP contribution in [0.3, 0.4) is 0 Å². The van der Waals surface area contributed by atoms with Crippen LogP contribution in [0.2, 0.25) is 0 Å². The van der Waals surface area contributed by atoms with Gasteiger partial charge in [0.1, 0.15) is 11.9 Å². The van der Waals surface area contributed by atoms with Gasteiger partial charge in [0, 0.05) is 57.5 Å². The Bertz CT molecular complexity index is 778. The van der Waals surface area contributed by atoms with E-state index in [9.17, 15) is 0 Å². The van der Waals surface area contributed by atoms with E-state index in [0.29, 0.717) is 12.0 Å². The number of aliphatic imine (C=N–C) groups is 1. The summed E-state index contributed by atoms with van der Waals surface area (Å²) in [6, 6.07) is 14.6. The van der Waals surface area contributed by atoms with E-state index >= 15 is 0 Å². The smallest absolute Gasteiger partial charge is 0.193 e. The molecular weight excluding hydrogens is 519 g/mol. The summed E-state index contributed by atoms with van der Waals surface area (Å²) in [6.07, 6.45) is 4.96. The third-order valence-corrected chi connectivity index (χ3v) is 6.97. The fourth-order valence-corrected chi connectivity index (χ4v) is 5.28. The van der Waals surface area contributed by atoms with Crippen molar-refractivity contribution in [1.29, 1.82) is 0 Å². The van der Waals surface area contributed by atoms with Crippen molar-refractivity contribution in [3.05, 3.63) is 52.7 Å². The van der Waals surface area contributed by atoms with Gasteiger partial charge in [0.05, 0.1) is 0 Å². The summed E-state index contributed by atoms with van der Waals surface area (Å²) in [7, 11) is 1.90. The lowest BCUT2D eigenvalue weighted by atomic mass is 9.98. The molecule has 2 fully saturated rings. The van der Waals surface area contributed by atoms with Crippen molar-refractivity contribution in [2.45, 2.75) is 38.3 Å². The van der Waals surface area contributed by atoms with Crippen molar-refractivity contribution < 1.29 is 4.74 Å². The normalized spacial score (nSPS) is 20.9. The Kier molecular flexibility index (Phi) is 9.93. The highest BCUT2D eigenvalue weighted by molar-refractivity contribution is 14.0. The number of halogens is 1. The Hall–Kier alpha value is -1.32. The fraction of sp³-hybridized carbons (Fsp3) is 0.542. The monoisotopic (exact) mass is 554 g/mol. The Labute approximate surface area is 207 Å². The first-order chi connectivity index (χ1) is 14.8. The number of likely N-dealkylation sites (tertiary alicyclic amines) is 2. The minimum Gasteiger partial charge on any atom is -0.490 e. The maximum absolute atomic E-state index is 6.14. The molecule has 5 nitrogen and oxygen atoms in total. The molecule has 0 spiro atoms. The van der Waals surface area contributed by atoms with Crippen LogP contribution in [0.25, 0.3) is 0 Å². The summed E-state index contributed by atoms with van der Waals surface area (Å²) in [5.41, 5.74) is 0. The van der Waals surface area contributed by atoms with E-state index in [1.54, 1.807) is 0 Å². The first-order valence-corrected chi connectivity index (χ1v) is 12.1. The third kappa shape index (κ3) is 7.36. The van der Waals surface area contributed by atoms with Crippen molar-refractivity contribution in [2.24, 2.45) is 10.9 Å². The summed E-state index contributed by atoms with van der Waals surface area (Å²) < 4.78 is 6.14. The van der Waals surface area contributed by atoms with E-state index in [1.165, 1.54) is 30.8 Å². The lowest BCUT2D eigenvalue weighted by Gasteiger charge is -2.36. The first-order valence-electron chi connectivity index (χ1n) is 11.2. The van der Waals surface area contributed by atoms with Crippen LogP contribution in [0, 0.1) is 5.92 Å². The molecule has 0 bridgehead atoms. The summed E-state index contributed by atoms with van der Waals surface area (Å²) in [4.78, 5) is 11.0. The molecule has 1 aromatic carbocycles. The van der Waals surface area contributed by atoms with Crippen LogP contribution in [0.15, 0.2) is 52.8 Å². The van der Waals surface area contributed by atoms with E-state index in [2.05, 4.69) is 37.6 Å². The molecule has 31 heavy (non-hydrogen) atoms. The Morgan fingerprint density at radius 2 is 1.90 bits per heavy atom. The number of ether oxygens (including phenoxy) is 1. The largest absolute Gasteiger partial charge is 0.490 e. The van der Waals surface area contributed by atoms with E-state index in [1.807, 2.05) is 48.7 Å². The number of piperidine rings is 2. The Balaban J connectivity index is 0.00000272. The maximum atomic E-state index is 6.14. The molecule has 3 heterocycles. The van der Waals surface area contributed by atoms with Crippen LogP contribution in [-0.2, 0) is 6.54 Å². The molecular formula is C24H35IN4OS. The van der Waals surface area contributed by atoms with Crippen LogP contribution in [-0.4, -0.2) is 61.6 Å². The number of guanidine groups is 1. The number of para-hydroxylation sites is 1. The molecule has 2 saturated heterocycles. The van der Waals surface area contributed by atoms with Gasteiger partial charge in [0.2, 0.25) is 0 Å². The molecule has 2 aliphatic rings. The van der Waals surface area contributed by atoms with Gasteiger partial charge in [-0.15, -0.1) is 35.3 Å². The highest BCUT2D eigenvalue weighted by atomic mass is 127. The SMILES string of the molecule is CN=C(NCC1CCCN(Cc2cccs2)C1)N1CCC(Oc2ccccc2)CC1.I. The van der Waals surface area contributed by atoms with Gasteiger partial charge in [-0.1, -0.05) is 24.3 Å². The third-order valence-electron chi connectivity index (χ3n) is 6.11. The standard InChI is InChI=1S/C24H34N4OS.HI/c1-25-24(28-14-11-22(12-15-28)29-21-8-3-2-4-9-21)26-17-20-7-5-13-27(18-20)19-23-10-6-16-30-23;/h2-4,6,8-10,16,20,22H,5,7,11-15,17-19H2,1H3,(H,25,26);1H. The summed E-state index contributed by atoms with van der Waals surface area (Å²) >= 11 is 1.87. The van der Waals surface area contributed by atoms with Gasteiger partial charge < -0.3 is 15.0 Å². The zero-order valence-corrected chi connectivity index (χ0v) is 21.6. The van der Waals surface area contributed by atoms with Crippen molar-refractivity contribution in [2.75, 3.05) is 39.8 Å². The zero-order chi connectivity index (χ0) is 20.6. The number of nitrogens with zero attached hydrogens (tertiary/aromatic N) is 3. The number of rotatable bonds is 6. The van der Waals surface area contributed by atoms with Crippen molar-refractivity contribution >= 4 is 41.3 Å². The molecule has 2 aromatic rings. The molecule has 0 saturated carbocycles. The van der Waals surface area contributed by atoms with Gasteiger partial charge in [-0.3, -0.25) is 9.89 Å². The molecule has 0 aliphatic carbocycles. The van der Waals surface area contributed by atoms with Gasteiger partial charge in [-0.05, 0) is 48.9 Å². The van der Waals surface area contributed by atoms with Crippen LogP contribution in [0.5, 0.6) is 5.75 Å². The average molecular weight is 555 g/mol. The number of hydrogen-bond donors (Lipinski definition) is 1. The summed E-state index contributed by atoms with van der Waals surface area (Å²) in [5, 5.41) is 5.84. The quantitative estimate of drug-likeness (QED) is 0.320. The van der Waals surface area contributed by atoms with Crippen LogP contribution >= 0.6 is 35.3 Å². The minimum absolute atomic E-state index is 0. The summed E-state index contributed by atoms with van der Waals surface area (Å²) in [5.74, 6) is 2.71. The van der Waals surface area contributed by atoms with Crippen LogP contribution < -0.4 is 10.1 Å². The van der Waals surface area contributed by atoms with Gasteiger partial charge in [0.25, 0.3) is 0 Å². The molecule has 1 atom stereocenters. The topological polar surface area (TPSA) is 40.1 Å². The number of nitrogens with one attached hydrogen (secondary N) is 1. The van der Waals surface area contributed by atoms with Crippen LogP contribution in [0.1, 0.15) is 30.6 Å². The molecule has 1 N–H and O–H groups in total. The van der Waals surface area contributed by atoms with Crippen molar-refractivity contribution in [3.63, 3.8) is 0 Å². The van der Waals surface area contributed by atoms with Gasteiger partial charge >= 0.3 is 0 Å². The second-order valence-electron chi connectivity index (χ2n) is 8.37. The molecule has 0 radical (unpaired) electrons. The predicted octanol–water partition coefficient (Wildman–Crippen LogP) is 4.70. The summed E-state index contributed by atoms with van der Waals surface area (Å²) in [6.45, 7) is 6.48. The highest BCUT2D eigenvalue weighted by Gasteiger charge is 2.24. The fourth-order valence-electron chi connectivity index (χ4n) is 4.53. The van der Waals surface area contributed by atoms with Crippen molar-refractivity contribution in [3.8, 4) is 5.75 Å². The lowest BCUT2D eigenvalue weighted by Crippen LogP contribution is -2.49. The lowest BCUT2D eigenvalue weighted by molar-refractivity contribution is 0.128. The number of thiophene rings is 1. The maximum Gasteiger partial charge on any atom is 0.193 e. The molecule has 0 amide bonds. The van der Waals surface area contributed by atoms with Gasteiger partial charge in [-0.2, -0.15) is 0 Å². The molecule has 2 aliphatic heterocycles. The highest BCUT2D eigenvalue weighted by Crippen LogP contribution is 2.21. The van der Waals surface area contributed by atoms with Crippen LogP contribution in [0.4, 0.5) is 0 Å². The van der Waals surface area contributed by atoms with Gasteiger partial charge in [0.15, 0.2) is 5.96 Å². The Morgan fingerprint density at radius 1 is 1.10 bits per heavy atom. The molecule has 7 heteroatoms. The number of hydrogen-bond acceptors (Lipinski definition) is 4. The predicted molar refractivity (Wildman–Crippen MR) is 141 cm³/mol. The molecule has 4 rings (SSSR count). The second kappa shape index (κ2) is 12.6. The van der Waals surface area contributed by atoms with Crippen molar-refractivity contribution in [1.82, 2.24) is 15.1 Å². The zero-order valence-electron chi connectivity index (χ0n) is 18.4. The first kappa shape index (κ1) is 24.3. The molecule has 1 unspecified atom stereocenters. The second-order valence-corrected chi connectivity index (χ2v) is 9.40. The van der Waals surface area contributed by atoms with E-state index in [4.69, 9.17) is 4.74 Å². The van der Waals surface area contributed by atoms with E-state index in [-0.39, 0.29) is 24.0 Å². The van der Waals surface area contributed by atoms with E-state index in [0.717, 1.165) is 50.7 Å². The number of benzene rings is 1. The minimum atomic E-state index is 0.